The van der Waals surface area contributed by atoms with Crippen LogP contribution in [0.3, 0.4) is 0 Å². The summed E-state index contributed by atoms with van der Waals surface area (Å²) in [6, 6.07) is 6.13. The molecule has 0 heterocycles. The van der Waals surface area contributed by atoms with Gasteiger partial charge in [-0.25, -0.2) is 0 Å². The SMILES string of the molecule is CNCc1cc(OCCC(C)C)ccc1Br. The topological polar surface area (TPSA) is 21.3 Å². The molecular formula is C13H20BrNO. The first-order chi connectivity index (χ1) is 7.63. The van der Waals surface area contributed by atoms with Crippen molar-refractivity contribution >= 4 is 15.9 Å². The monoisotopic (exact) mass is 285 g/mol. The van der Waals surface area contributed by atoms with E-state index in [1.54, 1.807) is 0 Å². The largest absolute Gasteiger partial charge is 0.494 e. The van der Waals surface area contributed by atoms with Crippen molar-refractivity contribution in [3.8, 4) is 5.75 Å². The molecule has 1 rings (SSSR count). The van der Waals surface area contributed by atoms with Crippen molar-refractivity contribution in [2.45, 2.75) is 26.8 Å². The van der Waals surface area contributed by atoms with Gasteiger partial charge in [0.15, 0.2) is 0 Å². The van der Waals surface area contributed by atoms with E-state index in [4.69, 9.17) is 4.74 Å². The lowest BCUT2D eigenvalue weighted by Gasteiger charge is -2.10. The molecule has 0 aromatic heterocycles. The fourth-order valence-electron chi connectivity index (χ4n) is 1.38. The molecule has 0 amide bonds. The summed E-state index contributed by atoms with van der Waals surface area (Å²) in [6.07, 6.45) is 1.09. The number of hydrogen-bond donors (Lipinski definition) is 1. The lowest BCUT2D eigenvalue weighted by Crippen LogP contribution is -2.06. The summed E-state index contributed by atoms with van der Waals surface area (Å²) in [4.78, 5) is 0. The average molecular weight is 286 g/mol. The van der Waals surface area contributed by atoms with Gasteiger partial charge in [-0.1, -0.05) is 29.8 Å². The molecule has 0 aliphatic rings. The fraction of sp³-hybridized carbons (Fsp3) is 0.538. The Bertz CT molecular complexity index is 326. The third-order valence-corrected chi connectivity index (χ3v) is 3.12. The molecule has 3 heteroatoms. The number of nitrogens with one attached hydrogen (secondary N) is 1. The average Bonchev–Trinajstić information content (AvgIpc) is 2.22. The summed E-state index contributed by atoms with van der Waals surface area (Å²) in [7, 11) is 1.94. The Morgan fingerprint density at radius 1 is 1.38 bits per heavy atom. The quantitative estimate of drug-likeness (QED) is 0.862. The third-order valence-electron chi connectivity index (χ3n) is 2.35. The van der Waals surface area contributed by atoms with E-state index in [1.807, 2.05) is 19.2 Å². The van der Waals surface area contributed by atoms with Gasteiger partial charge < -0.3 is 10.1 Å². The van der Waals surface area contributed by atoms with Crippen molar-refractivity contribution in [3.63, 3.8) is 0 Å². The van der Waals surface area contributed by atoms with Crippen LogP contribution in [0.2, 0.25) is 0 Å². The number of halogens is 1. The van der Waals surface area contributed by atoms with Crippen LogP contribution >= 0.6 is 15.9 Å². The van der Waals surface area contributed by atoms with Gasteiger partial charge in [0.25, 0.3) is 0 Å². The van der Waals surface area contributed by atoms with Crippen LogP contribution < -0.4 is 10.1 Å². The minimum atomic E-state index is 0.687. The van der Waals surface area contributed by atoms with Crippen LogP contribution in [0, 0.1) is 5.92 Å². The van der Waals surface area contributed by atoms with Crippen molar-refractivity contribution in [2.75, 3.05) is 13.7 Å². The van der Waals surface area contributed by atoms with Crippen molar-refractivity contribution in [1.29, 1.82) is 0 Å². The Kier molecular flexibility index (Phi) is 5.85. The van der Waals surface area contributed by atoms with Gasteiger partial charge in [0.05, 0.1) is 6.61 Å². The summed E-state index contributed by atoms with van der Waals surface area (Å²) >= 11 is 3.53. The van der Waals surface area contributed by atoms with E-state index in [2.05, 4.69) is 41.2 Å². The van der Waals surface area contributed by atoms with E-state index in [0.29, 0.717) is 5.92 Å². The Labute approximate surface area is 107 Å². The van der Waals surface area contributed by atoms with Gasteiger partial charge in [0, 0.05) is 11.0 Å². The molecule has 0 aliphatic carbocycles. The maximum atomic E-state index is 5.71. The van der Waals surface area contributed by atoms with Crippen LogP contribution in [0.15, 0.2) is 22.7 Å². The van der Waals surface area contributed by atoms with Gasteiger partial charge >= 0.3 is 0 Å². The van der Waals surface area contributed by atoms with Crippen LogP contribution in [-0.4, -0.2) is 13.7 Å². The molecule has 0 spiro atoms. The number of hydrogen-bond acceptors (Lipinski definition) is 2. The highest BCUT2D eigenvalue weighted by Gasteiger charge is 2.02. The number of rotatable bonds is 6. The minimum Gasteiger partial charge on any atom is -0.494 e. The Hall–Kier alpha value is -0.540. The second-order valence-corrected chi connectivity index (χ2v) is 5.17. The molecule has 0 saturated heterocycles. The Morgan fingerprint density at radius 2 is 2.12 bits per heavy atom. The second-order valence-electron chi connectivity index (χ2n) is 4.31. The van der Waals surface area contributed by atoms with E-state index in [1.165, 1.54) is 5.56 Å². The lowest BCUT2D eigenvalue weighted by atomic mass is 10.1. The Balaban J connectivity index is 2.56. The zero-order valence-electron chi connectivity index (χ0n) is 10.2. The molecule has 1 aromatic rings. The van der Waals surface area contributed by atoms with Gasteiger partial charge in [0.2, 0.25) is 0 Å². The summed E-state index contributed by atoms with van der Waals surface area (Å²) in [6.45, 7) is 6.05. The van der Waals surface area contributed by atoms with Crippen molar-refractivity contribution in [3.05, 3.63) is 28.2 Å². The highest BCUT2D eigenvalue weighted by atomic mass is 79.9. The van der Waals surface area contributed by atoms with E-state index in [0.717, 1.165) is 29.8 Å². The Morgan fingerprint density at radius 3 is 2.75 bits per heavy atom. The van der Waals surface area contributed by atoms with E-state index >= 15 is 0 Å². The highest BCUT2D eigenvalue weighted by Crippen LogP contribution is 2.22. The molecule has 0 unspecified atom stereocenters. The molecular weight excluding hydrogens is 266 g/mol. The van der Waals surface area contributed by atoms with Crippen molar-refractivity contribution < 1.29 is 4.74 Å². The van der Waals surface area contributed by atoms with Crippen LogP contribution in [0.25, 0.3) is 0 Å². The molecule has 1 N–H and O–H groups in total. The van der Waals surface area contributed by atoms with E-state index in [-0.39, 0.29) is 0 Å². The minimum absolute atomic E-state index is 0.687. The normalized spacial score (nSPS) is 10.8. The molecule has 90 valence electrons. The lowest BCUT2D eigenvalue weighted by molar-refractivity contribution is 0.289. The molecule has 16 heavy (non-hydrogen) atoms. The summed E-state index contributed by atoms with van der Waals surface area (Å²) in [5.41, 5.74) is 1.23. The predicted molar refractivity (Wildman–Crippen MR) is 71.9 cm³/mol. The summed E-state index contributed by atoms with van der Waals surface area (Å²) in [5, 5.41) is 3.14. The zero-order valence-corrected chi connectivity index (χ0v) is 11.8. The van der Waals surface area contributed by atoms with Crippen LogP contribution in [0.1, 0.15) is 25.8 Å². The first-order valence-electron chi connectivity index (χ1n) is 5.69. The van der Waals surface area contributed by atoms with Gasteiger partial charge in [-0.2, -0.15) is 0 Å². The first kappa shape index (κ1) is 13.5. The van der Waals surface area contributed by atoms with E-state index in [9.17, 15) is 0 Å². The second kappa shape index (κ2) is 6.92. The molecule has 0 saturated carbocycles. The smallest absolute Gasteiger partial charge is 0.119 e. The fourth-order valence-corrected chi connectivity index (χ4v) is 1.77. The van der Waals surface area contributed by atoms with Crippen LogP contribution in [0.4, 0.5) is 0 Å². The van der Waals surface area contributed by atoms with Gasteiger partial charge in [-0.15, -0.1) is 0 Å². The van der Waals surface area contributed by atoms with Crippen molar-refractivity contribution in [2.24, 2.45) is 5.92 Å². The number of benzene rings is 1. The molecule has 0 fully saturated rings. The molecule has 2 nitrogen and oxygen atoms in total. The molecule has 0 atom stereocenters. The first-order valence-corrected chi connectivity index (χ1v) is 6.48. The summed E-state index contributed by atoms with van der Waals surface area (Å²) < 4.78 is 6.83. The summed E-state index contributed by atoms with van der Waals surface area (Å²) in [5.74, 6) is 1.64. The zero-order chi connectivity index (χ0) is 12.0. The third kappa shape index (κ3) is 4.54. The van der Waals surface area contributed by atoms with Gasteiger partial charge in [-0.3, -0.25) is 0 Å². The van der Waals surface area contributed by atoms with Gasteiger partial charge in [0.1, 0.15) is 5.75 Å². The molecule has 0 radical (unpaired) electrons. The van der Waals surface area contributed by atoms with Gasteiger partial charge in [-0.05, 0) is 43.1 Å². The van der Waals surface area contributed by atoms with Crippen molar-refractivity contribution in [1.82, 2.24) is 5.32 Å². The molecule has 1 aromatic carbocycles. The maximum absolute atomic E-state index is 5.71. The number of ether oxygens (including phenoxy) is 1. The molecule has 0 aliphatic heterocycles. The standard InChI is InChI=1S/C13H20BrNO/c1-10(2)6-7-16-12-4-5-13(14)11(8-12)9-15-3/h4-5,8,10,15H,6-7,9H2,1-3H3. The van der Waals surface area contributed by atoms with E-state index < -0.39 is 0 Å². The van der Waals surface area contributed by atoms with Crippen LogP contribution in [0.5, 0.6) is 5.75 Å². The maximum Gasteiger partial charge on any atom is 0.119 e. The van der Waals surface area contributed by atoms with Crippen LogP contribution in [-0.2, 0) is 6.54 Å². The highest BCUT2D eigenvalue weighted by molar-refractivity contribution is 9.10. The molecule has 0 bridgehead atoms. The predicted octanol–water partition coefficient (Wildman–Crippen LogP) is 3.59.